The minimum atomic E-state index is -4.65. The van der Waals surface area contributed by atoms with Crippen LogP contribution in [0.1, 0.15) is 27.9 Å². The quantitative estimate of drug-likeness (QED) is 0.791. The maximum Gasteiger partial charge on any atom is 0.417 e. The first-order chi connectivity index (χ1) is 11.2. The van der Waals surface area contributed by atoms with Crippen LogP contribution in [0.4, 0.5) is 17.6 Å². The number of nitrogens with one attached hydrogen (secondary N) is 1. The fourth-order valence-corrected chi connectivity index (χ4v) is 2.74. The van der Waals surface area contributed by atoms with Crippen LogP contribution in [-0.2, 0) is 11.8 Å². The summed E-state index contributed by atoms with van der Waals surface area (Å²) in [5.41, 5.74) is -3.01. The Balaban J connectivity index is 1.77. The van der Waals surface area contributed by atoms with Gasteiger partial charge in [0.15, 0.2) is 5.67 Å². The molecule has 2 unspecified atom stereocenters. The number of hydrogen-bond acceptors (Lipinski definition) is 1. The molecule has 0 heterocycles. The molecule has 1 aliphatic rings. The van der Waals surface area contributed by atoms with E-state index in [2.05, 4.69) is 5.32 Å². The van der Waals surface area contributed by atoms with Crippen LogP contribution in [0.3, 0.4) is 0 Å². The highest BCUT2D eigenvalue weighted by Gasteiger charge is 2.57. The lowest BCUT2D eigenvalue weighted by Gasteiger charge is -2.14. The van der Waals surface area contributed by atoms with E-state index in [-0.39, 0.29) is 6.42 Å². The molecule has 2 atom stereocenters. The highest BCUT2D eigenvalue weighted by molar-refractivity contribution is 6.30. The third kappa shape index (κ3) is 3.11. The molecule has 1 saturated carbocycles. The maximum atomic E-state index is 14.8. The number of alkyl halides is 4. The molecule has 24 heavy (non-hydrogen) atoms. The molecule has 0 bridgehead atoms. The molecule has 0 saturated heterocycles. The lowest BCUT2D eigenvalue weighted by atomic mass is 10.1. The highest BCUT2D eigenvalue weighted by atomic mass is 35.5. The van der Waals surface area contributed by atoms with Crippen LogP contribution < -0.4 is 5.32 Å². The predicted octanol–water partition coefficient (Wildman–Crippen LogP) is 4.73. The maximum absolute atomic E-state index is 14.8. The largest absolute Gasteiger partial charge is 0.417 e. The van der Waals surface area contributed by atoms with E-state index in [9.17, 15) is 22.4 Å². The third-order valence-electron chi connectivity index (χ3n) is 4.00. The molecule has 0 aromatic heterocycles. The Labute approximate surface area is 140 Å². The number of carbonyl (C=O) groups is 1. The van der Waals surface area contributed by atoms with E-state index >= 15 is 0 Å². The van der Waals surface area contributed by atoms with Crippen molar-refractivity contribution in [1.82, 2.24) is 5.32 Å². The van der Waals surface area contributed by atoms with Gasteiger partial charge in [-0.05, 0) is 29.8 Å². The lowest BCUT2D eigenvalue weighted by molar-refractivity contribution is -0.137. The van der Waals surface area contributed by atoms with Crippen molar-refractivity contribution in [2.45, 2.75) is 24.3 Å². The first-order valence-corrected chi connectivity index (χ1v) is 7.51. The van der Waals surface area contributed by atoms with Gasteiger partial charge in [-0.2, -0.15) is 13.2 Å². The van der Waals surface area contributed by atoms with Gasteiger partial charge >= 0.3 is 6.18 Å². The van der Waals surface area contributed by atoms with Gasteiger partial charge in [0.2, 0.25) is 0 Å². The lowest BCUT2D eigenvalue weighted by Crippen LogP contribution is -2.31. The van der Waals surface area contributed by atoms with Gasteiger partial charge in [-0.1, -0.05) is 35.9 Å². The normalized spacial score (nSPS) is 23.0. The molecule has 2 nitrogen and oxygen atoms in total. The molecule has 0 aliphatic heterocycles. The van der Waals surface area contributed by atoms with Crippen LogP contribution in [-0.4, -0.2) is 11.9 Å². The molecule has 1 N–H and O–H groups in total. The molecule has 0 radical (unpaired) electrons. The fourth-order valence-electron chi connectivity index (χ4n) is 2.61. The number of carbonyl (C=O) groups excluding carboxylic acids is 1. The summed E-state index contributed by atoms with van der Waals surface area (Å²) >= 11 is 5.74. The number of rotatable bonds is 3. The zero-order chi connectivity index (χ0) is 17.5. The molecular weight excluding hydrogens is 346 g/mol. The zero-order valence-electron chi connectivity index (χ0n) is 12.2. The summed E-state index contributed by atoms with van der Waals surface area (Å²) in [4.78, 5) is 12.1. The molecule has 0 spiro atoms. The molecule has 1 fully saturated rings. The Bertz CT molecular complexity index is 775. The summed E-state index contributed by atoms with van der Waals surface area (Å²) in [6.45, 7) is 0. The van der Waals surface area contributed by atoms with Crippen molar-refractivity contribution in [1.29, 1.82) is 0 Å². The van der Waals surface area contributed by atoms with Crippen molar-refractivity contribution in [3.05, 3.63) is 70.2 Å². The van der Waals surface area contributed by atoms with Gasteiger partial charge in [-0.15, -0.1) is 0 Å². The van der Waals surface area contributed by atoms with Crippen molar-refractivity contribution in [3.8, 4) is 0 Å². The smallest absolute Gasteiger partial charge is 0.346 e. The SMILES string of the molecule is O=C(NC1CC1(F)c1ccc(Cl)cc1)c1ccccc1C(F)(F)F. The Morgan fingerprint density at radius 2 is 1.75 bits per heavy atom. The summed E-state index contributed by atoms with van der Waals surface area (Å²) in [6.07, 6.45) is -4.64. The molecule has 1 aliphatic carbocycles. The second-order valence-electron chi connectivity index (χ2n) is 5.64. The molecule has 7 heteroatoms. The van der Waals surface area contributed by atoms with Crippen molar-refractivity contribution in [2.24, 2.45) is 0 Å². The minimum absolute atomic E-state index is 0.00849. The standard InChI is InChI=1S/C17H12ClF4NO/c18-11-7-5-10(6-8-11)16(19)9-14(16)23-15(24)12-3-1-2-4-13(12)17(20,21)22/h1-8,14H,9H2,(H,23,24). The predicted molar refractivity (Wildman–Crippen MR) is 81.6 cm³/mol. The summed E-state index contributed by atoms with van der Waals surface area (Å²) in [5, 5.41) is 2.79. The monoisotopic (exact) mass is 357 g/mol. The van der Waals surface area contributed by atoms with Gasteiger partial charge < -0.3 is 5.32 Å². The average Bonchev–Trinajstić information content (AvgIpc) is 3.18. The molecule has 126 valence electrons. The molecule has 2 aromatic carbocycles. The Morgan fingerprint density at radius 3 is 2.38 bits per heavy atom. The molecule has 2 aromatic rings. The van der Waals surface area contributed by atoms with Crippen molar-refractivity contribution >= 4 is 17.5 Å². The van der Waals surface area contributed by atoms with Crippen LogP contribution in [0.2, 0.25) is 5.02 Å². The number of hydrogen-bond donors (Lipinski definition) is 1. The number of halogens is 5. The third-order valence-corrected chi connectivity index (χ3v) is 4.25. The van der Waals surface area contributed by atoms with Crippen LogP contribution in [0.15, 0.2) is 48.5 Å². The van der Waals surface area contributed by atoms with Crippen LogP contribution in [0.5, 0.6) is 0 Å². The van der Waals surface area contributed by atoms with Gasteiger partial charge in [-0.25, -0.2) is 4.39 Å². The molecule has 1 amide bonds. The Morgan fingerprint density at radius 1 is 1.12 bits per heavy atom. The van der Waals surface area contributed by atoms with E-state index in [1.807, 2.05) is 0 Å². The molecule has 3 rings (SSSR count). The van der Waals surface area contributed by atoms with Crippen molar-refractivity contribution in [2.75, 3.05) is 0 Å². The highest BCUT2D eigenvalue weighted by Crippen LogP contribution is 2.50. The summed E-state index contributed by atoms with van der Waals surface area (Å²) in [7, 11) is 0. The van der Waals surface area contributed by atoms with Crippen molar-refractivity contribution in [3.63, 3.8) is 0 Å². The fraction of sp³-hybridized carbons (Fsp3) is 0.235. The first-order valence-electron chi connectivity index (χ1n) is 7.14. The van der Waals surface area contributed by atoms with E-state index in [1.165, 1.54) is 36.4 Å². The summed E-state index contributed by atoms with van der Waals surface area (Å²) < 4.78 is 53.6. The minimum Gasteiger partial charge on any atom is -0.346 e. The van der Waals surface area contributed by atoms with Crippen LogP contribution in [0.25, 0.3) is 0 Å². The summed E-state index contributed by atoms with van der Waals surface area (Å²) in [5.74, 6) is -0.943. The van der Waals surface area contributed by atoms with E-state index < -0.39 is 34.9 Å². The second-order valence-corrected chi connectivity index (χ2v) is 6.08. The number of amides is 1. The molecular formula is C17H12ClF4NO. The van der Waals surface area contributed by atoms with E-state index in [1.54, 1.807) is 0 Å². The zero-order valence-corrected chi connectivity index (χ0v) is 13.0. The Kier molecular flexibility index (Phi) is 4.03. The first kappa shape index (κ1) is 16.8. The van der Waals surface area contributed by atoms with Crippen LogP contribution in [0, 0.1) is 0 Å². The van der Waals surface area contributed by atoms with E-state index in [4.69, 9.17) is 11.6 Å². The Hall–Kier alpha value is -2.08. The number of benzene rings is 2. The topological polar surface area (TPSA) is 29.1 Å². The average molecular weight is 358 g/mol. The van der Waals surface area contributed by atoms with Gasteiger partial charge in [-0.3, -0.25) is 4.79 Å². The van der Waals surface area contributed by atoms with E-state index in [0.29, 0.717) is 10.6 Å². The van der Waals surface area contributed by atoms with Gasteiger partial charge in [0.05, 0.1) is 17.2 Å². The van der Waals surface area contributed by atoms with Gasteiger partial charge in [0.25, 0.3) is 5.91 Å². The second kappa shape index (κ2) is 5.77. The summed E-state index contributed by atoms with van der Waals surface area (Å²) in [6, 6.07) is 9.60. The van der Waals surface area contributed by atoms with Gasteiger partial charge in [0.1, 0.15) is 0 Å². The van der Waals surface area contributed by atoms with Crippen molar-refractivity contribution < 1.29 is 22.4 Å². The van der Waals surface area contributed by atoms with Crippen LogP contribution >= 0.6 is 11.6 Å². The van der Waals surface area contributed by atoms with Gasteiger partial charge in [0, 0.05) is 11.4 Å². The van der Waals surface area contributed by atoms with E-state index in [0.717, 1.165) is 12.1 Å².